The highest BCUT2D eigenvalue weighted by molar-refractivity contribution is 5.85. The number of hydrogen-bond donors (Lipinski definition) is 2. The average Bonchev–Trinajstić information content (AvgIpc) is 2.88. The average molecular weight is 295 g/mol. The summed E-state index contributed by atoms with van der Waals surface area (Å²) in [6, 6.07) is 2.00. The molecule has 2 unspecified atom stereocenters. The van der Waals surface area contributed by atoms with Crippen LogP contribution in [0.15, 0.2) is 18.5 Å². The molecule has 1 aromatic heterocycles. The molecule has 1 amide bonds. The van der Waals surface area contributed by atoms with Gasteiger partial charge in [0.15, 0.2) is 0 Å². The van der Waals surface area contributed by atoms with Crippen molar-refractivity contribution in [2.75, 3.05) is 13.1 Å². The van der Waals surface area contributed by atoms with Crippen LogP contribution in [-0.2, 0) is 11.3 Å². The maximum Gasteiger partial charge on any atom is 0.224 e. The van der Waals surface area contributed by atoms with E-state index in [0.717, 1.165) is 26.1 Å². The van der Waals surface area contributed by atoms with Crippen molar-refractivity contribution in [3.05, 3.63) is 18.5 Å². The Balaban J connectivity index is 0.00000144. The Morgan fingerprint density at radius 3 is 2.94 bits per heavy atom. The summed E-state index contributed by atoms with van der Waals surface area (Å²) in [5.41, 5.74) is 0. The fraction of sp³-hybridized carbons (Fsp3) is 0.636. The van der Waals surface area contributed by atoms with Crippen LogP contribution in [0.2, 0.25) is 0 Å². The standard InChI is InChI=1S/C11H18N4O.2ClH/c1-9(8-15-6-2-4-13-15)14-11(16)10-3-5-12-7-10;;/h2,4,6,9-10,12H,3,5,7-8H2,1H3,(H,14,16);2*1H. The second-order valence-electron chi connectivity index (χ2n) is 4.33. The lowest BCUT2D eigenvalue weighted by Gasteiger charge is -2.16. The number of hydrogen-bond acceptors (Lipinski definition) is 3. The van der Waals surface area contributed by atoms with Crippen molar-refractivity contribution in [1.29, 1.82) is 0 Å². The van der Waals surface area contributed by atoms with Crippen molar-refractivity contribution in [2.45, 2.75) is 25.9 Å². The van der Waals surface area contributed by atoms with Gasteiger partial charge in [-0.1, -0.05) is 0 Å². The lowest BCUT2D eigenvalue weighted by Crippen LogP contribution is -2.40. The Bertz CT molecular complexity index is 339. The zero-order valence-corrected chi connectivity index (χ0v) is 12.0. The minimum Gasteiger partial charge on any atom is -0.352 e. The van der Waals surface area contributed by atoms with Crippen LogP contribution >= 0.6 is 24.8 Å². The summed E-state index contributed by atoms with van der Waals surface area (Å²) in [7, 11) is 0. The molecule has 0 bridgehead atoms. The maximum absolute atomic E-state index is 11.8. The molecule has 104 valence electrons. The highest BCUT2D eigenvalue weighted by atomic mass is 35.5. The number of nitrogens with zero attached hydrogens (tertiary/aromatic N) is 2. The summed E-state index contributed by atoms with van der Waals surface area (Å²) in [4.78, 5) is 11.8. The van der Waals surface area contributed by atoms with Crippen LogP contribution in [0.3, 0.4) is 0 Å². The third-order valence-electron chi connectivity index (χ3n) is 2.84. The van der Waals surface area contributed by atoms with Crippen molar-refractivity contribution in [1.82, 2.24) is 20.4 Å². The molecule has 0 aliphatic carbocycles. The highest BCUT2D eigenvalue weighted by Crippen LogP contribution is 2.07. The van der Waals surface area contributed by atoms with Crippen LogP contribution in [-0.4, -0.2) is 34.8 Å². The summed E-state index contributed by atoms with van der Waals surface area (Å²) < 4.78 is 1.83. The van der Waals surface area contributed by atoms with Gasteiger partial charge in [0.05, 0.1) is 12.5 Å². The molecule has 0 saturated carbocycles. The van der Waals surface area contributed by atoms with Crippen LogP contribution in [0.4, 0.5) is 0 Å². The van der Waals surface area contributed by atoms with E-state index in [1.54, 1.807) is 6.20 Å². The lowest BCUT2D eigenvalue weighted by molar-refractivity contribution is -0.125. The molecule has 0 spiro atoms. The van der Waals surface area contributed by atoms with Crippen molar-refractivity contribution in [3.63, 3.8) is 0 Å². The summed E-state index contributed by atoms with van der Waals surface area (Å²) in [5, 5.41) is 10.3. The minimum absolute atomic E-state index is 0. The third kappa shape index (κ3) is 4.84. The van der Waals surface area contributed by atoms with Gasteiger partial charge in [0, 0.05) is 25.0 Å². The van der Waals surface area contributed by atoms with Gasteiger partial charge in [0.2, 0.25) is 5.91 Å². The number of halogens is 2. The zero-order valence-electron chi connectivity index (χ0n) is 10.3. The largest absolute Gasteiger partial charge is 0.352 e. The summed E-state index contributed by atoms with van der Waals surface area (Å²) in [5.74, 6) is 0.296. The first-order valence-electron chi connectivity index (χ1n) is 5.74. The predicted octanol–water partition coefficient (Wildman–Crippen LogP) is 0.841. The first-order chi connectivity index (χ1) is 7.75. The van der Waals surface area contributed by atoms with E-state index in [4.69, 9.17) is 0 Å². The van der Waals surface area contributed by atoms with E-state index < -0.39 is 0 Å². The van der Waals surface area contributed by atoms with Gasteiger partial charge in [-0.05, 0) is 26.0 Å². The molecule has 1 fully saturated rings. The number of aromatic nitrogens is 2. The van der Waals surface area contributed by atoms with Crippen molar-refractivity contribution >= 4 is 30.7 Å². The molecular weight excluding hydrogens is 275 g/mol. The Hall–Kier alpha value is -0.780. The van der Waals surface area contributed by atoms with Crippen LogP contribution in [0.1, 0.15) is 13.3 Å². The summed E-state index contributed by atoms with van der Waals surface area (Å²) in [6.07, 6.45) is 4.59. The number of rotatable bonds is 4. The predicted molar refractivity (Wildman–Crippen MR) is 75.3 cm³/mol. The van der Waals surface area contributed by atoms with Gasteiger partial charge in [0.1, 0.15) is 0 Å². The lowest BCUT2D eigenvalue weighted by atomic mass is 10.1. The normalized spacial score (nSPS) is 19.5. The first kappa shape index (κ1) is 17.2. The van der Waals surface area contributed by atoms with E-state index >= 15 is 0 Å². The van der Waals surface area contributed by atoms with E-state index in [0.29, 0.717) is 0 Å². The third-order valence-corrected chi connectivity index (χ3v) is 2.84. The highest BCUT2D eigenvalue weighted by Gasteiger charge is 2.23. The van der Waals surface area contributed by atoms with Gasteiger partial charge in [-0.15, -0.1) is 24.8 Å². The molecule has 5 nitrogen and oxygen atoms in total. The molecule has 0 aromatic carbocycles. The molecule has 18 heavy (non-hydrogen) atoms. The van der Waals surface area contributed by atoms with Gasteiger partial charge in [-0.3, -0.25) is 9.48 Å². The Morgan fingerprint density at radius 1 is 1.61 bits per heavy atom. The molecule has 1 aliphatic heterocycles. The second-order valence-corrected chi connectivity index (χ2v) is 4.33. The second kappa shape index (κ2) is 8.34. The van der Waals surface area contributed by atoms with E-state index in [-0.39, 0.29) is 42.7 Å². The number of amides is 1. The molecule has 0 radical (unpaired) electrons. The van der Waals surface area contributed by atoms with Crippen LogP contribution in [0.5, 0.6) is 0 Å². The molecule has 7 heteroatoms. The SMILES string of the molecule is CC(Cn1cccn1)NC(=O)C1CCNC1.Cl.Cl. The van der Waals surface area contributed by atoms with Crippen LogP contribution in [0.25, 0.3) is 0 Å². The van der Waals surface area contributed by atoms with Crippen LogP contribution in [0, 0.1) is 5.92 Å². The van der Waals surface area contributed by atoms with Gasteiger partial charge in [0.25, 0.3) is 0 Å². The molecule has 1 saturated heterocycles. The fourth-order valence-corrected chi connectivity index (χ4v) is 1.97. The smallest absolute Gasteiger partial charge is 0.224 e. The van der Waals surface area contributed by atoms with Crippen LogP contribution < -0.4 is 10.6 Å². The van der Waals surface area contributed by atoms with Gasteiger partial charge >= 0.3 is 0 Å². The molecule has 2 atom stereocenters. The monoisotopic (exact) mass is 294 g/mol. The molecule has 1 aliphatic rings. The molecular formula is C11H20Cl2N4O. The van der Waals surface area contributed by atoms with E-state index in [1.807, 2.05) is 23.9 Å². The van der Waals surface area contributed by atoms with E-state index in [1.165, 1.54) is 0 Å². The van der Waals surface area contributed by atoms with E-state index in [9.17, 15) is 4.79 Å². The summed E-state index contributed by atoms with van der Waals surface area (Å²) in [6.45, 7) is 4.48. The number of carbonyl (C=O) groups excluding carboxylic acids is 1. The Labute approximate surface area is 120 Å². The van der Waals surface area contributed by atoms with Crippen molar-refractivity contribution in [3.8, 4) is 0 Å². The summed E-state index contributed by atoms with van der Waals surface area (Å²) >= 11 is 0. The van der Waals surface area contributed by atoms with Crippen molar-refractivity contribution in [2.24, 2.45) is 5.92 Å². The first-order valence-corrected chi connectivity index (χ1v) is 5.74. The molecule has 2 heterocycles. The number of nitrogens with one attached hydrogen (secondary N) is 2. The molecule has 2 rings (SSSR count). The Kier molecular flexibility index (Phi) is 7.98. The topological polar surface area (TPSA) is 59.0 Å². The molecule has 1 aromatic rings. The quantitative estimate of drug-likeness (QED) is 0.865. The Morgan fingerprint density at radius 2 is 2.39 bits per heavy atom. The number of carbonyl (C=O) groups is 1. The zero-order chi connectivity index (χ0) is 11.4. The fourth-order valence-electron chi connectivity index (χ4n) is 1.97. The van der Waals surface area contributed by atoms with Crippen molar-refractivity contribution < 1.29 is 4.79 Å². The maximum atomic E-state index is 11.8. The van der Waals surface area contributed by atoms with E-state index in [2.05, 4.69) is 15.7 Å². The van der Waals surface area contributed by atoms with Gasteiger partial charge in [-0.2, -0.15) is 5.10 Å². The molecule has 2 N–H and O–H groups in total. The minimum atomic E-state index is 0. The van der Waals surface area contributed by atoms with Gasteiger partial charge in [-0.25, -0.2) is 0 Å². The van der Waals surface area contributed by atoms with Gasteiger partial charge < -0.3 is 10.6 Å².